The summed E-state index contributed by atoms with van der Waals surface area (Å²) in [6.45, 7) is 5.73. The zero-order chi connectivity index (χ0) is 10.3. The van der Waals surface area contributed by atoms with Gasteiger partial charge in [-0.3, -0.25) is 0 Å². The molecule has 66 valence electrons. The fourth-order valence-electron chi connectivity index (χ4n) is 0. The monoisotopic (exact) mass is 268 g/mol. The quantitative estimate of drug-likeness (QED) is 0.410. The minimum absolute atomic E-state index is 0.738. The zero-order valence-electron chi connectivity index (χ0n) is 7.59. The van der Waals surface area contributed by atoms with Crippen molar-refractivity contribution in [3.05, 3.63) is 12.7 Å². The van der Waals surface area contributed by atoms with Gasteiger partial charge in [-0.2, -0.15) is 21.3 Å². The average Bonchev–Trinajstić information content (AvgIpc) is 2.15. The van der Waals surface area contributed by atoms with E-state index in [0.717, 1.165) is 25.3 Å². The minimum atomic E-state index is 0.738. The SMILES string of the molecule is C=C[CH](C)[Sn+3].C[O-].C[O-].C[O-]. The van der Waals surface area contributed by atoms with Crippen LogP contribution in [-0.4, -0.2) is 43.9 Å². The molecule has 0 heterocycles. The third kappa shape index (κ3) is 126. The van der Waals surface area contributed by atoms with E-state index in [1.165, 1.54) is 0 Å². The topological polar surface area (TPSA) is 69.2 Å². The van der Waals surface area contributed by atoms with Gasteiger partial charge in [0, 0.05) is 0 Å². The van der Waals surface area contributed by atoms with Crippen LogP contribution in [0, 0.1) is 0 Å². The van der Waals surface area contributed by atoms with Gasteiger partial charge in [0.15, 0.2) is 0 Å². The molecule has 4 heteroatoms. The molecule has 0 aliphatic rings. The van der Waals surface area contributed by atoms with Gasteiger partial charge in [-0.05, 0) is 0 Å². The fraction of sp³-hybridized carbons (Fsp3) is 0.714. The zero-order valence-corrected chi connectivity index (χ0v) is 10.4. The maximum atomic E-state index is 8.25. The summed E-state index contributed by atoms with van der Waals surface area (Å²) in [5.74, 6) is 0. The van der Waals surface area contributed by atoms with Crippen LogP contribution in [-0.2, 0) is 0 Å². The molecule has 0 bridgehead atoms. The van der Waals surface area contributed by atoms with E-state index in [2.05, 4.69) is 13.5 Å². The van der Waals surface area contributed by atoms with Crippen molar-refractivity contribution < 1.29 is 15.3 Å². The van der Waals surface area contributed by atoms with Gasteiger partial charge in [-0.15, -0.1) is 0 Å². The molecule has 0 aliphatic heterocycles. The molecule has 0 fully saturated rings. The first-order valence-electron chi connectivity index (χ1n) is 2.83. The number of allylic oxidation sites excluding steroid dienone is 1. The summed E-state index contributed by atoms with van der Waals surface area (Å²) < 4.78 is 0.738. The van der Waals surface area contributed by atoms with Crippen LogP contribution in [0.5, 0.6) is 0 Å². The van der Waals surface area contributed by atoms with Gasteiger partial charge in [-0.1, -0.05) is 0 Å². The third-order valence-electron chi connectivity index (χ3n) is 0.354. The second-order valence-corrected chi connectivity index (χ2v) is 3.62. The third-order valence-corrected chi connectivity index (χ3v) is 1.03. The Hall–Kier alpha value is 0.419. The first-order valence-corrected chi connectivity index (χ1v) is 4.48. The van der Waals surface area contributed by atoms with Crippen molar-refractivity contribution in [2.45, 2.75) is 10.9 Å². The maximum absolute atomic E-state index is 8.25. The predicted molar refractivity (Wildman–Crippen MR) is 43.1 cm³/mol. The molecule has 0 radical (unpaired) electrons. The molecule has 0 rings (SSSR count). The Morgan fingerprint density at radius 2 is 1.18 bits per heavy atom. The summed E-state index contributed by atoms with van der Waals surface area (Å²) >= 11 is 1.55. The summed E-state index contributed by atoms with van der Waals surface area (Å²) in [6, 6.07) is 0. The van der Waals surface area contributed by atoms with Crippen LogP contribution >= 0.6 is 0 Å². The van der Waals surface area contributed by atoms with Crippen molar-refractivity contribution in [1.82, 2.24) is 0 Å². The molecule has 0 aromatic rings. The van der Waals surface area contributed by atoms with Gasteiger partial charge in [-0.25, -0.2) is 0 Å². The van der Waals surface area contributed by atoms with E-state index in [1.807, 2.05) is 6.08 Å². The van der Waals surface area contributed by atoms with E-state index in [9.17, 15) is 0 Å². The Kier molecular flexibility index (Phi) is 96.9. The molecule has 1 unspecified atom stereocenters. The molecular weight excluding hydrogens is 251 g/mol. The Morgan fingerprint density at radius 1 is 1.09 bits per heavy atom. The van der Waals surface area contributed by atoms with Crippen LogP contribution in [0.4, 0.5) is 0 Å². The largest absolute Gasteiger partial charge is 0.857 e. The Labute approximate surface area is 82.8 Å². The molecule has 0 aromatic carbocycles. The van der Waals surface area contributed by atoms with Gasteiger partial charge in [0.05, 0.1) is 0 Å². The second-order valence-electron chi connectivity index (χ2n) is 1.02. The van der Waals surface area contributed by atoms with E-state index >= 15 is 0 Å². The molecule has 0 saturated carbocycles. The van der Waals surface area contributed by atoms with E-state index in [4.69, 9.17) is 15.3 Å². The van der Waals surface area contributed by atoms with Gasteiger partial charge in [0.2, 0.25) is 0 Å². The second kappa shape index (κ2) is 47.3. The molecule has 11 heavy (non-hydrogen) atoms. The van der Waals surface area contributed by atoms with Crippen molar-refractivity contribution in [2.24, 2.45) is 0 Å². The standard InChI is InChI=1S/C4H7.3CH3O.Sn/c1-3-4-2;3*1-2;/h3-4H,1H2,2H3;3*1H3;/q;3*-1;+3. The molecule has 0 aromatic heterocycles. The van der Waals surface area contributed by atoms with E-state index in [-0.39, 0.29) is 0 Å². The van der Waals surface area contributed by atoms with Crippen molar-refractivity contribution in [3.8, 4) is 0 Å². The smallest absolute Gasteiger partial charge is 0.153 e. The Balaban J connectivity index is -0.0000000350. The first-order chi connectivity index (χ1) is 5.27. The summed E-state index contributed by atoms with van der Waals surface area (Å²) in [5.41, 5.74) is 0. The molecule has 0 saturated heterocycles. The van der Waals surface area contributed by atoms with Crippen LogP contribution in [0.2, 0.25) is 3.93 Å². The molecule has 0 amide bonds. The minimum Gasteiger partial charge on any atom is -0.857 e. The van der Waals surface area contributed by atoms with Crippen molar-refractivity contribution in [3.63, 3.8) is 0 Å². The number of hydrogen-bond acceptors (Lipinski definition) is 3. The number of rotatable bonds is 1. The molecule has 0 aliphatic carbocycles. The molecule has 0 spiro atoms. The average molecular weight is 267 g/mol. The first kappa shape index (κ1) is 22.5. The van der Waals surface area contributed by atoms with Crippen LogP contribution in [0.15, 0.2) is 12.7 Å². The summed E-state index contributed by atoms with van der Waals surface area (Å²) in [7, 11) is 2.25. The molecule has 0 N–H and O–H groups in total. The summed E-state index contributed by atoms with van der Waals surface area (Å²) in [4.78, 5) is 0. The molecular formula is C7H16O3Sn. The van der Waals surface area contributed by atoms with Crippen LogP contribution in [0.25, 0.3) is 0 Å². The van der Waals surface area contributed by atoms with E-state index < -0.39 is 0 Å². The van der Waals surface area contributed by atoms with Crippen molar-refractivity contribution in [2.75, 3.05) is 21.3 Å². The summed E-state index contributed by atoms with van der Waals surface area (Å²) in [5, 5.41) is 24.8. The Bertz CT molecular complexity index is 40.7. The Morgan fingerprint density at radius 3 is 1.18 bits per heavy atom. The van der Waals surface area contributed by atoms with E-state index in [0.29, 0.717) is 0 Å². The normalized spacial score (nSPS) is 8.09. The van der Waals surface area contributed by atoms with Gasteiger partial charge in [0.1, 0.15) is 0 Å². The van der Waals surface area contributed by atoms with Gasteiger partial charge < -0.3 is 15.3 Å². The fourth-order valence-corrected chi connectivity index (χ4v) is 0. The van der Waals surface area contributed by atoms with Crippen LogP contribution in [0.1, 0.15) is 6.92 Å². The van der Waals surface area contributed by atoms with Crippen molar-refractivity contribution >= 4 is 22.5 Å². The number of hydrogen-bond donors (Lipinski definition) is 0. The van der Waals surface area contributed by atoms with Crippen LogP contribution < -0.4 is 15.3 Å². The summed E-state index contributed by atoms with van der Waals surface area (Å²) in [6.07, 6.45) is 1.96. The maximum Gasteiger partial charge on any atom is -0.153 e. The van der Waals surface area contributed by atoms with Gasteiger partial charge in [0.25, 0.3) is 0 Å². The molecule has 1 atom stereocenters. The van der Waals surface area contributed by atoms with Gasteiger partial charge >= 0.3 is 46.0 Å². The molecule has 3 nitrogen and oxygen atoms in total. The predicted octanol–water partition coefficient (Wildman–Crippen LogP) is -1.92. The van der Waals surface area contributed by atoms with E-state index in [1.54, 1.807) is 22.5 Å². The van der Waals surface area contributed by atoms with Crippen LogP contribution in [0.3, 0.4) is 0 Å². The van der Waals surface area contributed by atoms with Crippen molar-refractivity contribution in [1.29, 1.82) is 0 Å².